The van der Waals surface area contributed by atoms with E-state index in [1.165, 1.54) is 17.4 Å². The van der Waals surface area contributed by atoms with Crippen LogP contribution in [0.25, 0.3) is 11.3 Å². The summed E-state index contributed by atoms with van der Waals surface area (Å²) >= 11 is 1.19. The second kappa shape index (κ2) is 8.06. The molecule has 162 valence electrons. The van der Waals surface area contributed by atoms with Crippen molar-refractivity contribution in [2.45, 2.75) is 44.6 Å². The minimum Gasteiger partial charge on any atom is -0.323 e. The highest BCUT2D eigenvalue weighted by molar-refractivity contribution is 7.14. The average molecular weight is 443 g/mol. The molecule has 2 fully saturated rings. The quantitative estimate of drug-likeness (QED) is 0.400. The van der Waals surface area contributed by atoms with E-state index in [1.54, 1.807) is 24.4 Å². The number of anilines is 1. The first-order valence-electron chi connectivity index (χ1n) is 9.94. The van der Waals surface area contributed by atoms with Crippen LogP contribution in [-0.4, -0.2) is 44.7 Å². The summed E-state index contributed by atoms with van der Waals surface area (Å²) < 4.78 is 0. The van der Waals surface area contributed by atoms with Crippen molar-refractivity contribution in [2.24, 2.45) is 0 Å². The summed E-state index contributed by atoms with van der Waals surface area (Å²) in [4.78, 5) is 53.3. The van der Waals surface area contributed by atoms with E-state index < -0.39 is 16.5 Å². The fourth-order valence-corrected chi connectivity index (χ4v) is 4.76. The molecule has 4 amide bonds. The number of imide groups is 1. The van der Waals surface area contributed by atoms with Crippen molar-refractivity contribution in [1.29, 1.82) is 0 Å². The Hall–Kier alpha value is -3.34. The number of thiazole rings is 1. The molecule has 2 N–H and O–H groups in total. The number of benzene rings is 1. The first-order chi connectivity index (χ1) is 14.8. The van der Waals surface area contributed by atoms with Gasteiger partial charge in [-0.3, -0.25) is 24.6 Å². The van der Waals surface area contributed by atoms with Crippen molar-refractivity contribution < 1.29 is 19.3 Å². The van der Waals surface area contributed by atoms with Crippen molar-refractivity contribution in [3.63, 3.8) is 0 Å². The molecule has 1 saturated heterocycles. The van der Waals surface area contributed by atoms with E-state index >= 15 is 0 Å². The lowest BCUT2D eigenvalue weighted by molar-refractivity contribution is -0.385. The molecule has 0 unspecified atom stereocenters. The number of carbonyl (C=O) groups excluding carboxylic acids is 3. The Labute approximate surface area is 181 Å². The molecule has 0 radical (unpaired) electrons. The number of amides is 4. The molecule has 1 aromatic heterocycles. The molecule has 0 bridgehead atoms. The number of urea groups is 1. The number of hydrogen-bond donors (Lipinski definition) is 2. The number of aryl methyl sites for hydroxylation is 1. The molecular weight excluding hydrogens is 422 g/mol. The first-order valence-corrected chi connectivity index (χ1v) is 10.8. The predicted molar refractivity (Wildman–Crippen MR) is 114 cm³/mol. The third-order valence-corrected chi connectivity index (χ3v) is 6.48. The van der Waals surface area contributed by atoms with E-state index in [9.17, 15) is 24.5 Å². The first kappa shape index (κ1) is 20.9. The van der Waals surface area contributed by atoms with Crippen LogP contribution < -0.4 is 10.6 Å². The Kier molecular flexibility index (Phi) is 5.44. The van der Waals surface area contributed by atoms with Gasteiger partial charge in [-0.05, 0) is 19.8 Å². The average Bonchev–Trinajstić information content (AvgIpc) is 3.43. The van der Waals surface area contributed by atoms with Gasteiger partial charge in [0.2, 0.25) is 5.91 Å². The zero-order valence-electron chi connectivity index (χ0n) is 16.8. The van der Waals surface area contributed by atoms with Gasteiger partial charge < -0.3 is 10.6 Å². The normalized spacial score (nSPS) is 17.3. The van der Waals surface area contributed by atoms with Crippen LogP contribution in [-0.2, 0) is 9.59 Å². The Bertz CT molecular complexity index is 1080. The maximum absolute atomic E-state index is 12.6. The predicted octanol–water partition coefficient (Wildman–Crippen LogP) is 3.22. The Morgan fingerprint density at radius 1 is 1.35 bits per heavy atom. The SMILES string of the molecule is Cc1ccc(-c2csc(NC(=O)CCN3C(=O)NC4(CCCC4)C3=O)n2)cc1[N+](=O)[O-]. The number of nitro groups is 1. The van der Waals surface area contributed by atoms with Gasteiger partial charge in [-0.25, -0.2) is 9.78 Å². The van der Waals surface area contributed by atoms with Crippen LogP contribution in [0, 0.1) is 17.0 Å². The van der Waals surface area contributed by atoms with E-state index in [4.69, 9.17) is 0 Å². The van der Waals surface area contributed by atoms with E-state index in [0.717, 1.165) is 17.7 Å². The lowest BCUT2D eigenvalue weighted by Crippen LogP contribution is -2.44. The maximum Gasteiger partial charge on any atom is 0.325 e. The summed E-state index contributed by atoms with van der Waals surface area (Å²) in [5, 5.41) is 18.6. The van der Waals surface area contributed by atoms with Gasteiger partial charge in [-0.1, -0.05) is 25.0 Å². The van der Waals surface area contributed by atoms with Gasteiger partial charge in [0.1, 0.15) is 5.54 Å². The second-order valence-corrected chi connectivity index (χ2v) is 8.63. The summed E-state index contributed by atoms with van der Waals surface area (Å²) in [6.07, 6.45) is 3.03. The number of nitrogens with one attached hydrogen (secondary N) is 2. The fourth-order valence-electron chi connectivity index (χ4n) is 4.02. The van der Waals surface area contributed by atoms with Crippen molar-refractivity contribution in [1.82, 2.24) is 15.2 Å². The zero-order valence-corrected chi connectivity index (χ0v) is 17.7. The minimum absolute atomic E-state index is 0.000634. The number of nitro benzene ring substituents is 1. The molecule has 1 saturated carbocycles. The van der Waals surface area contributed by atoms with Gasteiger partial charge in [-0.2, -0.15) is 0 Å². The summed E-state index contributed by atoms with van der Waals surface area (Å²) in [5.74, 6) is -0.621. The third kappa shape index (κ3) is 4.00. The lowest BCUT2D eigenvalue weighted by Gasteiger charge is -2.19. The molecule has 31 heavy (non-hydrogen) atoms. The summed E-state index contributed by atoms with van der Waals surface area (Å²) in [6, 6.07) is 4.39. The highest BCUT2D eigenvalue weighted by Crippen LogP contribution is 2.35. The van der Waals surface area contributed by atoms with Crippen LogP contribution in [0.4, 0.5) is 15.6 Å². The van der Waals surface area contributed by atoms with Gasteiger partial charge in [0.25, 0.3) is 11.6 Å². The molecule has 2 heterocycles. The molecule has 11 heteroatoms. The summed E-state index contributed by atoms with van der Waals surface area (Å²) in [7, 11) is 0. The van der Waals surface area contributed by atoms with Crippen LogP contribution in [0.2, 0.25) is 0 Å². The molecule has 1 aliphatic heterocycles. The van der Waals surface area contributed by atoms with E-state index in [-0.39, 0.29) is 30.5 Å². The number of rotatable bonds is 6. The lowest BCUT2D eigenvalue weighted by atomic mass is 9.98. The van der Waals surface area contributed by atoms with Crippen molar-refractivity contribution in [3.05, 3.63) is 39.3 Å². The van der Waals surface area contributed by atoms with Crippen molar-refractivity contribution in [2.75, 3.05) is 11.9 Å². The molecule has 1 spiro atoms. The van der Waals surface area contributed by atoms with Crippen LogP contribution >= 0.6 is 11.3 Å². The van der Waals surface area contributed by atoms with Crippen LogP contribution in [0.3, 0.4) is 0 Å². The fraction of sp³-hybridized carbons (Fsp3) is 0.400. The molecule has 2 aliphatic rings. The van der Waals surface area contributed by atoms with E-state index in [0.29, 0.717) is 34.8 Å². The zero-order chi connectivity index (χ0) is 22.2. The number of hydrogen-bond acceptors (Lipinski definition) is 7. The molecule has 1 aliphatic carbocycles. The van der Waals surface area contributed by atoms with Crippen molar-refractivity contribution in [3.8, 4) is 11.3 Å². The van der Waals surface area contributed by atoms with Crippen molar-refractivity contribution >= 4 is 40.0 Å². The molecule has 4 rings (SSSR count). The Morgan fingerprint density at radius 3 is 2.81 bits per heavy atom. The molecular formula is C20H21N5O5S. The molecule has 10 nitrogen and oxygen atoms in total. The van der Waals surface area contributed by atoms with Gasteiger partial charge >= 0.3 is 6.03 Å². The van der Waals surface area contributed by atoms with Gasteiger partial charge in [0.15, 0.2) is 5.13 Å². The van der Waals surface area contributed by atoms with Gasteiger partial charge in [0.05, 0.1) is 10.6 Å². The topological polar surface area (TPSA) is 135 Å². The summed E-state index contributed by atoms with van der Waals surface area (Å²) in [6.45, 7) is 1.66. The highest BCUT2D eigenvalue weighted by atomic mass is 32.1. The molecule has 1 aromatic carbocycles. The van der Waals surface area contributed by atoms with E-state index in [2.05, 4.69) is 15.6 Å². The van der Waals surface area contributed by atoms with Crippen LogP contribution in [0.5, 0.6) is 0 Å². The molecule has 2 aromatic rings. The highest BCUT2D eigenvalue weighted by Gasteiger charge is 2.52. The smallest absolute Gasteiger partial charge is 0.323 e. The number of aromatic nitrogens is 1. The number of carbonyl (C=O) groups is 3. The standard InChI is InChI=1S/C20H21N5O5S/c1-12-4-5-13(10-15(12)25(29)30)14-11-31-18(21-14)22-16(26)6-9-24-17(27)20(23-19(24)28)7-2-3-8-20/h4-5,10-11H,2-3,6-9H2,1H3,(H,23,28)(H,21,22,26). The third-order valence-electron chi connectivity index (χ3n) is 5.72. The second-order valence-electron chi connectivity index (χ2n) is 7.77. The minimum atomic E-state index is -0.783. The maximum atomic E-state index is 12.6. The Morgan fingerprint density at radius 2 is 2.10 bits per heavy atom. The number of nitrogens with zero attached hydrogens (tertiary/aromatic N) is 3. The molecule has 0 atom stereocenters. The van der Waals surface area contributed by atoms with Gasteiger partial charge in [0, 0.05) is 35.5 Å². The summed E-state index contributed by atoms with van der Waals surface area (Å²) in [5.41, 5.74) is 0.868. The van der Waals surface area contributed by atoms with Crippen LogP contribution in [0.1, 0.15) is 37.7 Å². The largest absolute Gasteiger partial charge is 0.325 e. The van der Waals surface area contributed by atoms with Gasteiger partial charge in [-0.15, -0.1) is 11.3 Å². The Balaban J connectivity index is 1.37. The van der Waals surface area contributed by atoms with Crippen LogP contribution in [0.15, 0.2) is 23.6 Å². The van der Waals surface area contributed by atoms with E-state index in [1.807, 2.05) is 0 Å². The monoisotopic (exact) mass is 443 g/mol.